The second kappa shape index (κ2) is 11.2. The quantitative estimate of drug-likeness (QED) is 0.362. The molecule has 0 aliphatic carbocycles. The Hall–Kier alpha value is -0.120. The molecule has 6 nitrogen and oxygen atoms in total. The predicted octanol–water partition coefficient (Wildman–Crippen LogP) is 2.24. The van der Waals surface area contributed by atoms with Crippen LogP contribution in [0.4, 0.5) is 0 Å². The number of guanidine groups is 1. The molecular weight excluding hydrogens is 453 g/mol. The lowest BCUT2D eigenvalue weighted by molar-refractivity contribution is -0.0850. The zero-order valence-electron chi connectivity index (χ0n) is 17.6. The zero-order chi connectivity index (χ0) is 18.4. The van der Waals surface area contributed by atoms with Crippen molar-refractivity contribution in [2.45, 2.75) is 58.1 Å². The van der Waals surface area contributed by atoms with Crippen molar-refractivity contribution >= 4 is 29.9 Å². The third kappa shape index (κ3) is 7.01. The molecule has 0 aromatic carbocycles. The minimum Gasteiger partial charge on any atom is -0.373 e. The maximum absolute atomic E-state index is 5.81. The first kappa shape index (κ1) is 23.2. The number of rotatable bonds is 5. The van der Waals surface area contributed by atoms with Crippen LogP contribution >= 0.6 is 24.0 Å². The van der Waals surface area contributed by atoms with Crippen LogP contribution in [0.25, 0.3) is 0 Å². The van der Waals surface area contributed by atoms with Crippen molar-refractivity contribution < 1.29 is 4.74 Å². The molecule has 3 saturated heterocycles. The molecule has 3 fully saturated rings. The molecule has 1 atom stereocenters. The Morgan fingerprint density at radius 3 is 2.63 bits per heavy atom. The van der Waals surface area contributed by atoms with Crippen molar-refractivity contribution in [2.24, 2.45) is 4.99 Å². The highest BCUT2D eigenvalue weighted by Crippen LogP contribution is 2.20. The Morgan fingerprint density at radius 2 is 1.93 bits per heavy atom. The fourth-order valence-corrected chi connectivity index (χ4v) is 4.54. The molecule has 3 aliphatic rings. The highest BCUT2D eigenvalue weighted by molar-refractivity contribution is 14.0. The molecule has 1 N–H and O–H groups in total. The molecule has 0 aromatic rings. The van der Waals surface area contributed by atoms with Crippen LogP contribution in [0.1, 0.15) is 46.5 Å². The second-order valence-corrected chi connectivity index (χ2v) is 8.61. The van der Waals surface area contributed by atoms with E-state index in [1.807, 2.05) is 0 Å². The minimum absolute atomic E-state index is 0. The molecule has 0 radical (unpaired) electrons. The molecule has 0 saturated carbocycles. The van der Waals surface area contributed by atoms with Crippen LogP contribution in [-0.4, -0.2) is 97.8 Å². The first-order chi connectivity index (χ1) is 12.6. The lowest BCUT2D eigenvalue weighted by Crippen LogP contribution is -2.49. The van der Waals surface area contributed by atoms with Crippen LogP contribution in [0.5, 0.6) is 0 Å². The number of likely N-dealkylation sites (tertiary alicyclic amines) is 2. The average Bonchev–Trinajstić information content (AvgIpc) is 3.11. The van der Waals surface area contributed by atoms with E-state index in [1.165, 1.54) is 38.8 Å². The van der Waals surface area contributed by atoms with Crippen molar-refractivity contribution in [1.82, 2.24) is 20.0 Å². The maximum Gasteiger partial charge on any atom is 0.194 e. The van der Waals surface area contributed by atoms with E-state index in [4.69, 9.17) is 9.73 Å². The first-order valence-corrected chi connectivity index (χ1v) is 10.7. The molecular formula is C20H40IN5O. The van der Waals surface area contributed by atoms with Crippen LogP contribution in [0.2, 0.25) is 0 Å². The van der Waals surface area contributed by atoms with Gasteiger partial charge in [-0.2, -0.15) is 0 Å². The van der Waals surface area contributed by atoms with Crippen LogP contribution in [-0.2, 0) is 4.74 Å². The van der Waals surface area contributed by atoms with Gasteiger partial charge in [0.05, 0.1) is 18.8 Å². The molecule has 7 heteroatoms. The summed E-state index contributed by atoms with van der Waals surface area (Å²) in [5.41, 5.74) is -0.0247. The fraction of sp³-hybridized carbons (Fsp3) is 0.950. The van der Waals surface area contributed by atoms with E-state index in [-0.39, 0.29) is 29.6 Å². The number of aliphatic imine (C=N–C) groups is 1. The van der Waals surface area contributed by atoms with Gasteiger partial charge in [0.15, 0.2) is 5.96 Å². The number of hydrogen-bond acceptors (Lipinski definition) is 4. The lowest BCUT2D eigenvalue weighted by Gasteiger charge is -2.38. The standard InChI is InChI=1S/C20H39N5O.HI/c1-4-21-19(22-9-13-23-14-15-26-20(2,3)17-23)25-12-8-18(16-25)24-10-6-5-7-11-24;/h18H,4-17H2,1-3H3,(H,21,22);1H. The van der Waals surface area contributed by atoms with Gasteiger partial charge in [0.2, 0.25) is 0 Å². The van der Waals surface area contributed by atoms with Gasteiger partial charge in [-0.15, -0.1) is 24.0 Å². The van der Waals surface area contributed by atoms with Crippen LogP contribution in [0.3, 0.4) is 0 Å². The average molecular weight is 493 g/mol. The molecule has 3 rings (SSSR count). The summed E-state index contributed by atoms with van der Waals surface area (Å²) in [6, 6.07) is 0.721. The molecule has 0 bridgehead atoms. The summed E-state index contributed by atoms with van der Waals surface area (Å²) < 4.78 is 5.81. The van der Waals surface area contributed by atoms with Crippen molar-refractivity contribution in [2.75, 3.05) is 65.5 Å². The smallest absolute Gasteiger partial charge is 0.194 e. The zero-order valence-corrected chi connectivity index (χ0v) is 19.9. The van der Waals surface area contributed by atoms with Crippen molar-refractivity contribution in [3.05, 3.63) is 0 Å². The SMILES string of the molecule is CCNC(=NCCN1CCOC(C)(C)C1)N1CCC(N2CCCCC2)C1.I. The van der Waals surface area contributed by atoms with Gasteiger partial charge in [-0.25, -0.2) is 0 Å². The molecule has 0 spiro atoms. The second-order valence-electron chi connectivity index (χ2n) is 8.61. The van der Waals surface area contributed by atoms with E-state index in [0.717, 1.165) is 64.4 Å². The molecule has 0 aromatic heterocycles. The van der Waals surface area contributed by atoms with Gasteiger partial charge in [0.25, 0.3) is 0 Å². The van der Waals surface area contributed by atoms with Gasteiger partial charge < -0.3 is 15.0 Å². The van der Waals surface area contributed by atoms with Crippen molar-refractivity contribution in [1.29, 1.82) is 0 Å². The fourth-order valence-electron chi connectivity index (χ4n) is 4.54. The predicted molar refractivity (Wildman–Crippen MR) is 123 cm³/mol. The van der Waals surface area contributed by atoms with E-state index < -0.39 is 0 Å². The Labute approximate surface area is 183 Å². The normalized spacial score (nSPS) is 27.4. The Balaban J connectivity index is 0.00000261. The molecule has 3 aliphatic heterocycles. The lowest BCUT2D eigenvalue weighted by atomic mass is 10.1. The monoisotopic (exact) mass is 493 g/mol. The van der Waals surface area contributed by atoms with E-state index in [9.17, 15) is 0 Å². The summed E-state index contributed by atoms with van der Waals surface area (Å²) >= 11 is 0. The number of nitrogens with one attached hydrogen (secondary N) is 1. The van der Waals surface area contributed by atoms with Crippen LogP contribution in [0.15, 0.2) is 4.99 Å². The van der Waals surface area contributed by atoms with Gasteiger partial charge in [-0.05, 0) is 53.1 Å². The van der Waals surface area contributed by atoms with E-state index in [2.05, 4.69) is 40.8 Å². The summed E-state index contributed by atoms with van der Waals surface area (Å²) in [5, 5.41) is 3.52. The number of hydrogen-bond donors (Lipinski definition) is 1. The summed E-state index contributed by atoms with van der Waals surface area (Å²) in [4.78, 5) is 12.6. The van der Waals surface area contributed by atoms with Gasteiger partial charge in [0.1, 0.15) is 0 Å². The largest absolute Gasteiger partial charge is 0.373 e. The van der Waals surface area contributed by atoms with Gasteiger partial charge in [0, 0.05) is 45.3 Å². The summed E-state index contributed by atoms with van der Waals surface area (Å²) in [6.07, 6.45) is 5.44. The maximum atomic E-state index is 5.81. The summed E-state index contributed by atoms with van der Waals surface area (Å²) in [6.45, 7) is 17.1. The first-order valence-electron chi connectivity index (χ1n) is 10.7. The number of ether oxygens (including phenoxy) is 1. The Bertz CT molecular complexity index is 467. The molecule has 1 unspecified atom stereocenters. The van der Waals surface area contributed by atoms with Crippen LogP contribution < -0.4 is 5.32 Å². The summed E-state index contributed by atoms with van der Waals surface area (Å²) in [5.74, 6) is 1.11. The van der Waals surface area contributed by atoms with E-state index >= 15 is 0 Å². The van der Waals surface area contributed by atoms with Crippen molar-refractivity contribution in [3.63, 3.8) is 0 Å². The van der Waals surface area contributed by atoms with E-state index in [0.29, 0.717) is 0 Å². The summed E-state index contributed by atoms with van der Waals surface area (Å²) in [7, 11) is 0. The molecule has 27 heavy (non-hydrogen) atoms. The van der Waals surface area contributed by atoms with Crippen molar-refractivity contribution in [3.8, 4) is 0 Å². The van der Waals surface area contributed by atoms with Gasteiger partial charge in [-0.3, -0.25) is 14.8 Å². The number of morpholine rings is 1. The highest BCUT2D eigenvalue weighted by Gasteiger charge is 2.30. The highest BCUT2D eigenvalue weighted by atomic mass is 127. The van der Waals surface area contributed by atoms with E-state index in [1.54, 1.807) is 0 Å². The molecule has 158 valence electrons. The third-order valence-electron chi connectivity index (χ3n) is 5.89. The Kier molecular flexibility index (Phi) is 9.58. The Morgan fingerprint density at radius 1 is 1.15 bits per heavy atom. The third-order valence-corrected chi connectivity index (χ3v) is 5.89. The molecule has 0 amide bonds. The van der Waals surface area contributed by atoms with Crippen LogP contribution in [0, 0.1) is 0 Å². The minimum atomic E-state index is -0.0247. The molecule has 3 heterocycles. The number of nitrogens with zero attached hydrogens (tertiary/aromatic N) is 4. The van der Waals surface area contributed by atoms with Gasteiger partial charge in [-0.1, -0.05) is 6.42 Å². The number of halogens is 1. The van der Waals surface area contributed by atoms with Gasteiger partial charge >= 0.3 is 0 Å². The topological polar surface area (TPSA) is 43.3 Å². The number of piperidine rings is 1.